The second-order valence-electron chi connectivity index (χ2n) is 4.70. The van der Waals surface area contributed by atoms with E-state index in [1.54, 1.807) is 6.08 Å². The van der Waals surface area contributed by atoms with Crippen molar-refractivity contribution in [3.63, 3.8) is 0 Å². The van der Waals surface area contributed by atoms with Crippen molar-refractivity contribution < 1.29 is 14.4 Å². The molecule has 6 heteroatoms. The standard InChI is InChI=1S/C13H19BN2O3/c1-3-4-5-9(8(2)14)12(18)15-10-6-7-11(17)16-13(10)19/h4-5,10H,3,6-7,14H2,1-2H3,(H,15,18)(H,16,17,19)/b5-4-,9-8+. The molecule has 1 atom stereocenters. The number of piperidine rings is 1. The third kappa shape index (κ3) is 4.39. The van der Waals surface area contributed by atoms with Crippen LogP contribution in [0.2, 0.25) is 0 Å². The van der Waals surface area contributed by atoms with Gasteiger partial charge in [-0.3, -0.25) is 19.7 Å². The van der Waals surface area contributed by atoms with Crippen LogP contribution < -0.4 is 10.6 Å². The Morgan fingerprint density at radius 2 is 2.21 bits per heavy atom. The molecule has 0 saturated carbocycles. The first-order valence-corrected chi connectivity index (χ1v) is 6.44. The molecule has 5 nitrogen and oxygen atoms in total. The minimum absolute atomic E-state index is 0.256. The summed E-state index contributed by atoms with van der Waals surface area (Å²) in [6, 6.07) is -0.630. The van der Waals surface area contributed by atoms with E-state index in [0.717, 1.165) is 11.9 Å². The number of amides is 3. The van der Waals surface area contributed by atoms with Gasteiger partial charge in [-0.15, -0.1) is 5.47 Å². The zero-order chi connectivity index (χ0) is 14.4. The van der Waals surface area contributed by atoms with Crippen LogP contribution in [-0.4, -0.2) is 31.6 Å². The maximum atomic E-state index is 12.1. The van der Waals surface area contributed by atoms with Gasteiger partial charge in [0.2, 0.25) is 11.8 Å². The molecule has 0 radical (unpaired) electrons. The minimum atomic E-state index is -0.630. The number of imide groups is 1. The maximum absolute atomic E-state index is 12.1. The number of carbonyl (C=O) groups excluding carboxylic acids is 3. The van der Waals surface area contributed by atoms with Gasteiger partial charge in [0.1, 0.15) is 13.9 Å². The van der Waals surface area contributed by atoms with Crippen molar-refractivity contribution in [3.05, 3.63) is 23.2 Å². The average Bonchev–Trinajstić information content (AvgIpc) is 2.33. The quantitative estimate of drug-likeness (QED) is 0.318. The Morgan fingerprint density at radius 3 is 2.74 bits per heavy atom. The topological polar surface area (TPSA) is 75.3 Å². The summed E-state index contributed by atoms with van der Waals surface area (Å²) in [6.45, 7) is 3.83. The summed E-state index contributed by atoms with van der Waals surface area (Å²) in [5.74, 6) is -1.000. The summed E-state index contributed by atoms with van der Waals surface area (Å²) in [7, 11) is 1.85. The van der Waals surface area contributed by atoms with Crippen molar-refractivity contribution in [3.8, 4) is 0 Å². The Hall–Kier alpha value is -1.85. The van der Waals surface area contributed by atoms with Crippen molar-refractivity contribution in [2.24, 2.45) is 0 Å². The van der Waals surface area contributed by atoms with Gasteiger partial charge >= 0.3 is 0 Å². The Balaban J connectivity index is 2.73. The van der Waals surface area contributed by atoms with Crippen molar-refractivity contribution >= 4 is 25.6 Å². The summed E-state index contributed by atoms with van der Waals surface area (Å²) in [6.07, 6.45) is 5.10. The lowest BCUT2D eigenvalue weighted by Crippen LogP contribution is -2.52. The van der Waals surface area contributed by atoms with E-state index in [1.165, 1.54) is 0 Å². The largest absolute Gasteiger partial charge is 0.340 e. The fourth-order valence-electron chi connectivity index (χ4n) is 1.77. The number of allylic oxidation sites excluding steroid dienone is 2. The molecule has 0 bridgehead atoms. The lowest BCUT2D eigenvalue weighted by atomic mass is 9.91. The molecule has 0 aliphatic carbocycles. The molecule has 1 unspecified atom stereocenters. The van der Waals surface area contributed by atoms with Gasteiger partial charge in [-0.1, -0.05) is 26.0 Å². The van der Waals surface area contributed by atoms with Crippen molar-refractivity contribution in [2.75, 3.05) is 0 Å². The number of carbonyl (C=O) groups is 3. The highest BCUT2D eigenvalue weighted by Gasteiger charge is 2.28. The summed E-state index contributed by atoms with van der Waals surface area (Å²) in [5.41, 5.74) is 1.45. The normalized spacial score (nSPS) is 21.1. The predicted molar refractivity (Wildman–Crippen MR) is 75.0 cm³/mol. The van der Waals surface area contributed by atoms with Crippen LogP contribution in [0.5, 0.6) is 0 Å². The molecule has 0 spiro atoms. The fraction of sp³-hybridized carbons (Fsp3) is 0.462. The minimum Gasteiger partial charge on any atom is -0.340 e. The van der Waals surface area contributed by atoms with Crippen LogP contribution in [-0.2, 0) is 14.4 Å². The Labute approximate surface area is 113 Å². The van der Waals surface area contributed by atoms with Gasteiger partial charge in [-0.2, -0.15) is 0 Å². The molecule has 19 heavy (non-hydrogen) atoms. The zero-order valence-electron chi connectivity index (χ0n) is 11.6. The first kappa shape index (κ1) is 15.2. The number of rotatable bonds is 4. The third-order valence-corrected chi connectivity index (χ3v) is 2.85. The molecule has 1 heterocycles. The van der Waals surface area contributed by atoms with E-state index in [0.29, 0.717) is 12.0 Å². The van der Waals surface area contributed by atoms with Crippen molar-refractivity contribution in [2.45, 2.75) is 39.2 Å². The van der Waals surface area contributed by atoms with Gasteiger partial charge in [-0.05, 0) is 12.8 Å². The van der Waals surface area contributed by atoms with Crippen LogP contribution in [0.15, 0.2) is 23.2 Å². The molecular formula is C13H19BN2O3. The summed E-state index contributed by atoms with van der Waals surface area (Å²) >= 11 is 0. The van der Waals surface area contributed by atoms with Gasteiger partial charge in [-0.25, -0.2) is 0 Å². The van der Waals surface area contributed by atoms with Gasteiger partial charge < -0.3 is 5.32 Å². The van der Waals surface area contributed by atoms with Crippen LogP contribution >= 0.6 is 0 Å². The SMILES string of the molecule is B/C(C)=C(\C=C/CC)C(=O)NC1CCC(=O)NC1=O. The highest BCUT2D eigenvalue weighted by atomic mass is 16.2. The van der Waals surface area contributed by atoms with E-state index >= 15 is 0 Å². The van der Waals surface area contributed by atoms with E-state index < -0.39 is 11.9 Å². The molecule has 1 fully saturated rings. The Kier molecular flexibility index (Phi) is 5.54. The Morgan fingerprint density at radius 1 is 1.53 bits per heavy atom. The lowest BCUT2D eigenvalue weighted by molar-refractivity contribution is -0.136. The fourth-order valence-corrected chi connectivity index (χ4v) is 1.77. The first-order chi connectivity index (χ1) is 8.95. The first-order valence-electron chi connectivity index (χ1n) is 6.44. The highest BCUT2D eigenvalue weighted by molar-refractivity contribution is 6.25. The molecule has 0 aromatic heterocycles. The van der Waals surface area contributed by atoms with E-state index in [4.69, 9.17) is 0 Å². The number of nitrogens with one attached hydrogen (secondary N) is 2. The van der Waals surface area contributed by atoms with Gasteiger partial charge in [0.15, 0.2) is 0 Å². The molecule has 102 valence electrons. The predicted octanol–water partition coefficient (Wildman–Crippen LogP) is -0.219. The highest BCUT2D eigenvalue weighted by Crippen LogP contribution is 2.08. The molecule has 0 aromatic rings. The van der Waals surface area contributed by atoms with E-state index in [1.807, 2.05) is 27.8 Å². The van der Waals surface area contributed by atoms with Gasteiger partial charge in [0.05, 0.1) is 0 Å². The molecule has 2 N–H and O–H groups in total. The summed E-state index contributed by atoms with van der Waals surface area (Å²) < 4.78 is 0. The van der Waals surface area contributed by atoms with Crippen LogP contribution in [0.25, 0.3) is 0 Å². The zero-order valence-corrected chi connectivity index (χ0v) is 11.6. The third-order valence-electron chi connectivity index (χ3n) is 2.85. The van der Waals surface area contributed by atoms with E-state index in [2.05, 4.69) is 10.6 Å². The smallest absolute Gasteiger partial charge is 0.251 e. The second-order valence-corrected chi connectivity index (χ2v) is 4.70. The summed E-state index contributed by atoms with van der Waals surface area (Å²) in [4.78, 5) is 34.7. The lowest BCUT2D eigenvalue weighted by Gasteiger charge is -2.22. The maximum Gasteiger partial charge on any atom is 0.251 e. The number of hydrogen-bond acceptors (Lipinski definition) is 3. The molecule has 1 rings (SSSR count). The molecule has 0 aromatic carbocycles. The molecule has 3 amide bonds. The molecule has 1 aliphatic rings. The monoisotopic (exact) mass is 262 g/mol. The van der Waals surface area contributed by atoms with E-state index in [-0.39, 0.29) is 18.2 Å². The van der Waals surface area contributed by atoms with Crippen molar-refractivity contribution in [1.29, 1.82) is 0 Å². The second kappa shape index (κ2) is 6.92. The van der Waals surface area contributed by atoms with Crippen LogP contribution in [0.1, 0.15) is 33.1 Å². The van der Waals surface area contributed by atoms with Crippen LogP contribution in [0.3, 0.4) is 0 Å². The van der Waals surface area contributed by atoms with Gasteiger partial charge in [0.25, 0.3) is 5.91 Å². The van der Waals surface area contributed by atoms with Crippen LogP contribution in [0, 0.1) is 0 Å². The number of hydrogen-bond donors (Lipinski definition) is 2. The molecule has 1 aliphatic heterocycles. The summed E-state index contributed by atoms with van der Waals surface area (Å²) in [5, 5.41) is 4.89. The van der Waals surface area contributed by atoms with Gasteiger partial charge in [0, 0.05) is 12.0 Å². The molecule has 1 saturated heterocycles. The van der Waals surface area contributed by atoms with Crippen LogP contribution in [0.4, 0.5) is 0 Å². The van der Waals surface area contributed by atoms with Crippen molar-refractivity contribution in [1.82, 2.24) is 10.6 Å². The average molecular weight is 262 g/mol. The molecular weight excluding hydrogens is 243 g/mol. The van der Waals surface area contributed by atoms with E-state index in [9.17, 15) is 14.4 Å². The Bertz CT molecular complexity index is 451.